The van der Waals surface area contributed by atoms with E-state index in [4.69, 9.17) is 4.74 Å². The van der Waals surface area contributed by atoms with E-state index in [0.29, 0.717) is 25.6 Å². The lowest BCUT2D eigenvalue weighted by atomic mass is 9.98. The topological polar surface area (TPSA) is 53.6 Å². The van der Waals surface area contributed by atoms with Gasteiger partial charge in [-0.15, -0.1) is 0 Å². The highest BCUT2D eigenvalue weighted by Crippen LogP contribution is 2.15. The number of hydrogen-bond donors (Lipinski definition) is 2. The number of ether oxygens (including phenoxy) is 1. The van der Waals surface area contributed by atoms with Gasteiger partial charge in [0.15, 0.2) is 0 Å². The molecule has 0 aromatic heterocycles. The number of nitrogens with zero attached hydrogens (tertiary/aromatic N) is 1. The highest BCUT2D eigenvalue weighted by atomic mass is 16.5. The van der Waals surface area contributed by atoms with Crippen LogP contribution >= 0.6 is 0 Å². The summed E-state index contributed by atoms with van der Waals surface area (Å²) in [5, 5.41) is 6.26. The summed E-state index contributed by atoms with van der Waals surface area (Å²) in [5.74, 6) is 0.793. The number of hydrogen-bond acceptors (Lipinski definition) is 4. The zero-order valence-electron chi connectivity index (χ0n) is 11.7. The van der Waals surface area contributed by atoms with Crippen LogP contribution in [0.15, 0.2) is 0 Å². The second kappa shape index (κ2) is 9.30. The lowest BCUT2D eigenvalue weighted by Crippen LogP contribution is -2.45. The first-order valence-corrected chi connectivity index (χ1v) is 6.95. The van der Waals surface area contributed by atoms with Crippen molar-refractivity contribution in [1.29, 1.82) is 0 Å². The van der Waals surface area contributed by atoms with Gasteiger partial charge in [0.25, 0.3) is 0 Å². The maximum Gasteiger partial charge on any atom is 0.234 e. The number of amides is 1. The molecule has 0 radical (unpaired) electrons. The van der Waals surface area contributed by atoms with Crippen molar-refractivity contribution in [3.8, 4) is 0 Å². The minimum absolute atomic E-state index is 0.108. The first-order valence-electron chi connectivity index (χ1n) is 6.95. The molecule has 0 saturated carbocycles. The zero-order valence-corrected chi connectivity index (χ0v) is 11.7. The molecule has 1 atom stereocenters. The quantitative estimate of drug-likeness (QED) is 0.604. The Hall–Kier alpha value is -0.650. The molecule has 0 aromatic carbocycles. The maximum atomic E-state index is 11.7. The Morgan fingerprint density at radius 2 is 2.33 bits per heavy atom. The van der Waals surface area contributed by atoms with Gasteiger partial charge in [-0.3, -0.25) is 9.69 Å². The molecule has 106 valence electrons. The predicted molar refractivity (Wildman–Crippen MR) is 72.6 cm³/mol. The zero-order chi connectivity index (χ0) is 13.2. The largest absolute Gasteiger partial charge is 0.383 e. The van der Waals surface area contributed by atoms with Gasteiger partial charge >= 0.3 is 0 Å². The summed E-state index contributed by atoms with van der Waals surface area (Å²) in [6.07, 6.45) is 2.47. The highest BCUT2D eigenvalue weighted by molar-refractivity contribution is 5.77. The fourth-order valence-corrected chi connectivity index (χ4v) is 2.36. The van der Waals surface area contributed by atoms with Gasteiger partial charge in [0.1, 0.15) is 0 Å². The average Bonchev–Trinajstić information content (AvgIpc) is 2.37. The number of nitrogens with one attached hydrogen (secondary N) is 2. The van der Waals surface area contributed by atoms with Crippen LogP contribution in [-0.2, 0) is 9.53 Å². The second-order valence-electron chi connectivity index (χ2n) is 4.89. The van der Waals surface area contributed by atoms with Crippen molar-refractivity contribution >= 4 is 5.91 Å². The summed E-state index contributed by atoms with van der Waals surface area (Å²) in [6, 6.07) is 0. The molecule has 0 bridgehead atoms. The van der Waals surface area contributed by atoms with Gasteiger partial charge in [0, 0.05) is 20.2 Å². The van der Waals surface area contributed by atoms with Crippen molar-refractivity contribution in [3.63, 3.8) is 0 Å². The Labute approximate surface area is 110 Å². The standard InChI is InChI=1S/C13H27N3O2/c1-3-14-9-12-5-4-7-16(10-12)11-13(17)15-6-8-18-2/h12,14H,3-11H2,1-2H3,(H,15,17). The molecule has 18 heavy (non-hydrogen) atoms. The SMILES string of the molecule is CCNCC1CCCN(CC(=O)NCCOC)C1. The third-order valence-electron chi connectivity index (χ3n) is 3.28. The van der Waals surface area contributed by atoms with E-state index in [1.807, 2.05) is 0 Å². The summed E-state index contributed by atoms with van der Waals surface area (Å²) in [5.41, 5.74) is 0. The average molecular weight is 257 g/mol. The molecule has 1 rings (SSSR count). The molecular formula is C13H27N3O2. The number of carbonyl (C=O) groups is 1. The second-order valence-corrected chi connectivity index (χ2v) is 4.89. The Bertz CT molecular complexity index is 236. The first-order chi connectivity index (χ1) is 8.76. The minimum atomic E-state index is 0.108. The Morgan fingerprint density at radius 1 is 1.50 bits per heavy atom. The molecule has 0 aliphatic carbocycles. The van der Waals surface area contributed by atoms with Crippen molar-refractivity contribution < 1.29 is 9.53 Å². The predicted octanol–water partition coefficient (Wildman–Crippen LogP) is 0.0705. The van der Waals surface area contributed by atoms with E-state index in [1.54, 1.807) is 7.11 Å². The normalized spacial score (nSPS) is 20.9. The molecule has 1 aliphatic rings. The van der Waals surface area contributed by atoms with Crippen LogP contribution in [0.5, 0.6) is 0 Å². The third kappa shape index (κ3) is 6.33. The number of rotatable bonds is 8. The summed E-state index contributed by atoms with van der Waals surface area (Å²) in [6.45, 7) is 7.99. The van der Waals surface area contributed by atoms with Gasteiger partial charge in [-0.25, -0.2) is 0 Å². The summed E-state index contributed by atoms with van der Waals surface area (Å²) in [4.78, 5) is 13.9. The van der Waals surface area contributed by atoms with Crippen molar-refractivity contribution in [1.82, 2.24) is 15.5 Å². The Balaban J connectivity index is 2.18. The molecule has 1 heterocycles. The van der Waals surface area contributed by atoms with Gasteiger partial charge in [0.05, 0.1) is 13.2 Å². The Kier molecular flexibility index (Phi) is 7.96. The van der Waals surface area contributed by atoms with E-state index in [9.17, 15) is 4.79 Å². The summed E-state index contributed by atoms with van der Waals surface area (Å²) in [7, 11) is 1.64. The van der Waals surface area contributed by atoms with E-state index >= 15 is 0 Å². The van der Waals surface area contributed by atoms with Crippen LogP contribution < -0.4 is 10.6 Å². The molecular weight excluding hydrogens is 230 g/mol. The van der Waals surface area contributed by atoms with Gasteiger partial charge < -0.3 is 15.4 Å². The molecule has 1 fully saturated rings. The summed E-state index contributed by atoms with van der Waals surface area (Å²) < 4.78 is 4.91. The molecule has 5 nitrogen and oxygen atoms in total. The molecule has 1 saturated heterocycles. The molecule has 0 aromatic rings. The lowest BCUT2D eigenvalue weighted by Gasteiger charge is -2.32. The van der Waals surface area contributed by atoms with E-state index in [-0.39, 0.29) is 5.91 Å². The first kappa shape index (κ1) is 15.4. The maximum absolute atomic E-state index is 11.7. The van der Waals surface area contributed by atoms with Crippen molar-refractivity contribution in [2.45, 2.75) is 19.8 Å². The molecule has 1 aliphatic heterocycles. The van der Waals surface area contributed by atoms with Crippen LogP contribution in [0.2, 0.25) is 0 Å². The number of carbonyl (C=O) groups excluding carboxylic acids is 1. The van der Waals surface area contributed by atoms with Crippen LogP contribution in [0.25, 0.3) is 0 Å². The highest BCUT2D eigenvalue weighted by Gasteiger charge is 2.20. The van der Waals surface area contributed by atoms with Crippen LogP contribution in [-0.4, -0.2) is 63.8 Å². The number of piperidine rings is 1. The van der Waals surface area contributed by atoms with Crippen LogP contribution in [0.3, 0.4) is 0 Å². The van der Waals surface area contributed by atoms with Crippen molar-refractivity contribution in [2.24, 2.45) is 5.92 Å². The van der Waals surface area contributed by atoms with Crippen LogP contribution in [0.4, 0.5) is 0 Å². The fourth-order valence-electron chi connectivity index (χ4n) is 2.36. The molecule has 2 N–H and O–H groups in total. The number of likely N-dealkylation sites (tertiary alicyclic amines) is 1. The van der Waals surface area contributed by atoms with Crippen molar-refractivity contribution in [2.75, 3.05) is 53.0 Å². The van der Waals surface area contributed by atoms with Crippen molar-refractivity contribution in [3.05, 3.63) is 0 Å². The van der Waals surface area contributed by atoms with E-state index in [0.717, 1.165) is 26.2 Å². The summed E-state index contributed by atoms with van der Waals surface area (Å²) >= 11 is 0. The van der Waals surface area contributed by atoms with E-state index < -0.39 is 0 Å². The molecule has 5 heteroatoms. The van der Waals surface area contributed by atoms with Crippen LogP contribution in [0.1, 0.15) is 19.8 Å². The van der Waals surface area contributed by atoms with E-state index in [1.165, 1.54) is 12.8 Å². The van der Waals surface area contributed by atoms with Gasteiger partial charge in [-0.05, 0) is 38.4 Å². The smallest absolute Gasteiger partial charge is 0.234 e. The number of methoxy groups -OCH3 is 1. The molecule has 1 amide bonds. The lowest BCUT2D eigenvalue weighted by molar-refractivity contribution is -0.122. The van der Waals surface area contributed by atoms with Gasteiger partial charge in [-0.1, -0.05) is 6.92 Å². The third-order valence-corrected chi connectivity index (χ3v) is 3.28. The minimum Gasteiger partial charge on any atom is -0.383 e. The monoisotopic (exact) mass is 257 g/mol. The molecule has 0 spiro atoms. The van der Waals surface area contributed by atoms with Crippen LogP contribution in [0, 0.1) is 5.92 Å². The van der Waals surface area contributed by atoms with E-state index in [2.05, 4.69) is 22.5 Å². The Morgan fingerprint density at radius 3 is 3.06 bits per heavy atom. The van der Waals surface area contributed by atoms with Gasteiger partial charge in [0.2, 0.25) is 5.91 Å². The van der Waals surface area contributed by atoms with Gasteiger partial charge in [-0.2, -0.15) is 0 Å². The molecule has 1 unspecified atom stereocenters. The fraction of sp³-hybridized carbons (Fsp3) is 0.923.